The molecule has 1 unspecified atom stereocenters. The topological polar surface area (TPSA) is 107 Å². The lowest BCUT2D eigenvalue weighted by Gasteiger charge is -2.33. The third-order valence-corrected chi connectivity index (χ3v) is 4.29. The summed E-state index contributed by atoms with van der Waals surface area (Å²) in [5, 5.41) is 19.1. The number of hydrogen-bond donors (Lipinski definition) is 3. The summed E-state index contributed by atoms with van der Waals surface area (Å²) < 4.78 is 5.40. The van der Waals surface area contributed by atoms with E-state index in [0.717, 1.165) is 38.2 Å². The van der Waals surface area contributed by atoms with Crippen molar-refractivity contribution in [2.24, 2.45) is 0 Å². The van der Waals surface area contributed by atoms with Crippen molar-refractivity contribution in [3.8, 4) is 0 Å². The van der Waals surface area contributed by atoms with Crippen molar-refractivity contribution in [2.75, 3.05) is 13.1 Å². The summed E-state index contributed by atoms with van der Waals surface area (Å²) in [6.07, 6.45) is 3.68. The number of nitrogens with one attached hydrogen (secondary N) is 2. The number of rotatable bonds is 7. The molecule has 0 aromatic carbocycles. The minimum Gasteiger partial charge on any atom is -0.481 e. The molecule has 0 spiro atoms. The second-order valence-corrected chi connectivity index (χ2v) is 6.23. The molecule has 3 rings (SSSR count). The third-order valence-electron chi connectivity index (χ3n) is 4.29. The van der Waals surface area contributed by atoms with Gasteiger partial charge in [0.1, 0.15) is 18.0 Å². The van der Waals surface area contributed by atoms with Gasteiger partial charge in [-0.1, -0.05) is 0 Å². The molecule has 130 valence electrons. The van der Waals surface area contributed by atoms with Crippen LogP contribution in [0.5, 0.6) is 0 Å². The molecule has 2 aromatic heterocycles. The number of piperidine rings is 1. The van der Waals surface area contributed by atoms with Gasteiger partial charge in [0.15, 0.2) is 5.82 Å². The number of likely N-dealkylation sites (tertiary alicyclic amines) is 1. The van der Waals surface area contributed by atoms with Crippen LogP contribution < -0.4 is 5.32 Å². The van der Waals surface area contributed by atoms with Gasteiger partial charge in [-0.2, -0.15) is 5.10 Å². The van der Waals surface area contributed by atoms with Crippen molar-refractivity contribution < 1.29 is 14.3 Å². The molecule has 0 radical (unpaired) electrons. The first-order valence-electron chi connectivity index (χ1n) is 8.24. The van der Waals surface area contributed by atoms with Crippen LogP contribution >= 0.6 is 0 Å². The highest BCUT2D eigenvalue weighted by Gasteiger charge is 2.23. The zero-order valence-electron chi connectivity index (χ0n) is 13.7. The zero-order chi connectivity index (χ0) is 16.9. The summed E-state index contributed by atoms with van der Waals surface area (Å²) >= 11 is 0. The molecule has 8 nitrogen and oxygen atoms in total. The molecule has 8 heteroatoms. The summed E-state index contributed by atoms with van der Waals surface area (Å²) in [6, 6.07) is 4.32. The summed E-state index contributed by atoms with van der Waals surface area (Å²) in [7, 11) is 0. The van der Waals surface area contributed by atoms with E-state index in [-0.39, 0.29) is 12.5 Å². The van der Waals surface area contributed by atoms with E-state index in [4.69, 9.17) is 9.52 Å². The number of nitrogens with zero attached hydrogens (tertiary/aromatic N) is 3. The van der Waals surface area contributed by atoms with E-state index in [2.05, 4.69) is 25.4 Å². The zero-order valence-corrected chi connectivity index (χ0v) is 13.7. The maximum Gasteiger partial charge on any atom is 0.311 e. The first-order valence-corrected chi connectivity index (χ1v) is 8.24. The Hall–Kier alpha value is -2.19. The number of aromatic amines is 1. The number of hydrogen-bond acceptors (Lipinski definition) is 6. The molecule has 0 amide bonds. The minimum absolute atomic E-state index is 0.00887. The maximum atomic E-state index is 10.7. The molecule has 24 heavy (non-hydrogen) atoms. The number of carboxylic acids is 1. The Bertz CT molecular complexity index is 646. The summed E-state index contributed by atoms with van der Waals surface area (Å²) in [5.74, 6) is 1.09. The monoisotopic (exact) mass is 333 g/mol. The van der Waals surface area contributed by atoms with Crippen molar-refractivity contribution in [3.05, 3.63) is 35.8 Å². The number of carboxylic acid groups (broad SMARTS) is 1. The number of carbonyl (C=O) groups is 1. The van der Waals surface area contributed by atoms with Crippen molar-refractivity contribution in [1.82, 2.24) is 25.4 Å². The van der Waals surface area contributed by atoms with Gasteiger partial charge in [0.25, 0.3) is 0 Å². The molecular formula is C16H23N5O3. The second-order valence-electron chi connectivity index (χ2n) is 6.23. The molecule has 1 saturated heterocycles. The van der Waals surface area contributed by atoms with Crippen LogP contribution in [0.15, 0.2) is 22.8 Å². The molecular weight excluding hydrogens is 310 g/mol. The Balaban J connectivity index is 1.45. The Kier molecular flexibility index (Phi) is 5.27. The molecule has 2 aromatic rings. The molecule has 0 aliphatic carbocycles. The van der Waals surface area contributed by atoms with Crippen LogP contribution in [0.25, 0.3) is 0 Å². The van der Waals surface area contributed by atoms with Crippen molar-refractivity contribution in [2.45, 2.75) is 44.8 Å². The van der Waals surface area contributed by atoms with Crippen LogP contribution in [0.2, 0.25) is 0 Å². The second kappa shape index (κ2) is 7.59. The van der Waals surface area contributed by atoms with Gasteiger partial charge in [-0.15, -0.1) is 0 Å². The fourth-order valence-corrected chi connectivity index (χ4v) is 3.03. The summed E-state index contributed by atoms with van der Waals surface area (Å²) in [6.45, 7) is 4.89. The minimum atomic E-state index is -0.915. The Morgan fingerprint density at radius 2 is 2.33 bits per heavy atom. The standard InChI is InChI=1S/C16H23N5O3/c1-11(16-18-14(19-20-16)9-15(22)23)17-12-4-6-21(7-5-12)10-13-3-2-8-24-13/h2-3,8,11-12,17H,4-7,9-10H2,1H3,(H,22,23)(H,18,19,20). The fourth-order valence-electron chi connectivity index (χ4n) is 3.03. The van der Waals surface area contributed by atoms with Crippen LogP contribution in [0.4, 0.5) is 0 Å². The lowest BCUT2D eigenvalue weighted by molar-refractivity contribution is -0.136. The van der Waals surface area contributed by atoms with Crippen molar-refractivity contribution in [1.29, 1.82) is 0 Å². The first kappa shape index (κ1) is 16.7. The molecule has 0 bridgehead atoms. The van der Waals surface area contributed by atoms with Crippen molar-refractivity contribution >= 4 is 5.97 Å². The van der Waals surface area contributed by atoms with Gasteiger partial charge in [-0.05, 0) is 31.9 Å². The van der Waals surface area contributed by atoms with E-state index in [0.29, 0.717) is 17.7 Å². The highest BCUT2D eigenvalue weighted by atomic mass is 16.4. The Morgan fingerprint density at radius 1 is 1.54 bits per heavy atom. The predicted octanol–water partition coefficient (Wildman–Crippen LogP) is 1.34. The Morgan fingerprint density at radius 3 is 3.00 bits per heavy atom. The van der Waals surface area contributed by atoms with Crippen LogP contribution in [0, 0.1) is 0 Å². The van der Waals surface area contributed by atoms with E-state index in [1.54, 1.807) is 6.26 Å². The van der Waals surface area contributed by atoms with Gasteiger partial charge in [0.05, 0.1) is 18.8 Å². The van der Waals surface area contributed by atoms with E-state index in [1.165, 1.54) is 0 Å². The average Bonchev–Trinajstić information content (AvgIpc) is 3.20. The number of aliphatic carboxylic acids is 1. The highest BCUT2D eigenvalue weighted by Crippen LogP contribution is 2.17. The van der Waals surface area contributed by atoms with Gasteiger partial charge in [0, 0.05) is 19.1 Å². The molecule has 1 atom stereocenters. The number of aromatic nitrogens is 3. The molecule has 1 aliphatic heterocycles. The molecule has 0 saturated carbocycles. The number of furan rings is 1. The van der Waals surface area contributed by atoms with E-state index in [1.807, 2.05) is 19.1 Å². The normalized spacial score (nSPS) is 17.9. The van der Waals surface area contributed by atoms with Gasteiger partial charge in [0.2, 0.25) is 0 Å². The molecule has 1 aliphatic rings. The first-order chi connectivity index (χ1) is 11.6. The van der Waals surface area contributed by atoms with Gasteiger partial charge >= 0.3 is 5.97 Å². The van der Waals surface area contributed by atoms with Crippen LogP contribution in [-0.4, -0.2) is 50.3 Å². The number of H-pyrrole nitrogens is 1. The SMILES string of the molecule is CC(NC1CCN(Cc2ccco2)CC1)c1n[nH]c(CC(=O)O)n1. The van der Waals surface area contributed by atoms with Gasteiger partial charge in [-0.3, -0.25) is 14.8 Å². The van der Waals surface area contributed by atoms with Crippen LogP contribution in [0.3, 0.4) is 0 Å². The Labute approximate surface area is 140 Å². The quantitative estimate of drug-likeness (QED) is 0.702. The van der Waals surface area contributed by atoms with E-state index < -0.39 is 5.97 Å². The third kappa shape index (κ3) is 4.42. The molecule has 1 fully saturated rings. The summed E-state index contributed by atoms with van der Waals surface area (Å²) in [5.41, 5.74) is 0. The van der Waals surface area contributed by atoms with Gasteiger partial charge < -0.3 is 14.8 Å². The molecule has 3 N–H and O–H groups in total. The maximum absolute atomic E-state index is 10.7. The highest BCUT2D eigenvalue weighted by molar-refractivity contribution is 5.68. The van der Waals surface area contributed by atoms with Crippen LogP contribution in [0.1, 0.15) is 43.2 Å². The van der Waals surface area contributed by atoms with Gasteiger partial charge in [-0.25, -0.2) is 4.98 Å². The smallest absolute Gasteiger partial charge is 0.311 e. The lowest BCUT2D eigenvalue weighted by atomic mass is 10.0. The van der Waals surface area contributed by atoms with Crippen molar-refractivity contribution in [3.63, 3.8) is 0 Å². The van der Waals surface area contributed by atoms with E-state index in [9.17, 15) is 4.79 Å². The average molecular weight is 333 g/mol. The largest absolute Gasteiger partial charge is 0.481 e. The summed E-state index contributed by atoms with van der Waals surface area (Å²) in [4.78, 5) is 17.3. The van der Waals surface area contributed by atoms with Crippen LogP contribution in [-0.2, 0) is 17.8 Å². The molecule has 3 heterocycles. The fraction of sp³-hybridized carbons (Fsp3) is 0.562. The van der Waals surface area contributed by atoms with E-state index >= 15 is 0 Å². The predicted molar refractivity (Wildman–Crippen MR) is 86.3 cm³/mol. The lowest BCUT2D eigenvalue weighted by Crippen LogP contribution is -2.43.